The summed E-state index contributed by atoms with van der Waals surface area (Å²) in [6.07, 6.45) is 0. The molecule has 2 rings (SSSR count). The fourth-order valence-corrected chi connectivity index (χ4v) is 2.53. The minimum atomic E-state index is 0.581. The lowest BCUT2D eigenvalue weighted by Gasteiger charge is -2.23. The number of hydrogen-bond acceptors (Lipinski definition) is 1. The zero-order chi connectivity index (χ0) is 14.9. The van der Waals surface area contributed by atoms with Crippen molar-refractivity contribution in [2.75, 3.05) is 11.9 Å². The second kappa shape index (κ2) is 5.70. The molecule has 0 fully saturated rings. The van der Waals surface area contributed by atoms with Gasteiger partial charge >= 0.3 is 0 Å². The molecule has 0 heterocycles. The quantitative estimate of drug-likeness (QED) is 0.709. The molecular weight excluding hydrogens is 242 g/mol. The van der Waals surface area contributed by atoms with Crippen LogP contribution in [-0.2, 0) is 0 Å². The molecule has 0 N–H and O–H groups in total. The Morgan fingerprint density at radius 2 is 1.35 bits per heavy atom. The highest BCUT2D eigenvalue weighted by Gasteiger charge is 2.09. The molecule has 0 aliphatic rings. The predicted octanol–water partition coefficient (Wildman–Crippen LogP) is 5.50. The average Bonchev–Trinajstić information content (AvgIpc) is 2.42. The van der Waals surface area contributed by atoms with E-state index in [1.54, 1.807) is 0 Å². The summed E-state index contributed by atoms with van der Waals surface area (Å²) >= 11 is 0. The summed E-state index contributed by atoms with van der Waals surface area (Å²) in [6, 6.07) is 13.4. The predicted molar refractivity (Wildman–Crippen MR) is 89.2 cm³/mol. The van der Waals surface area contributed by atoms with Crippen molar-refractivity contribution in [3.8, 4) is 0 Å². The molecule has 0 spiro atoms. The van der Waals surface area contributed by atoms with Gasteiger partial charge in [0.15, 0.2) is 0 Å². The maximum Gasteiger partial charge on any atom is 0.0440 e. The summed E-state index contributed by atoms with van der Waals surface area (Å²) in [4.78, 5) is 2.27. The first-order valence-electron chi connectivity index (χ1n) is 7.31. The Kier molecular flexibility index (Phi) is 4.17. The number of rotatable bonds is 3. The van der Waals surface area contributed by atoms with Crippen LogP contribution in [0.1, 0.15) is 42.0 Å². The molecule has 0 bridgehead atoms. The molecule has 0 atom stereocenters. The Balaban J connectivity index is 2.36. The van der Waals surface area contributed by atoms with Gasteiger partial charge in [-0.15, -0.1) is 0 Å². The van der Waals surface area contributed by atoms with E-state index < -0.39 is 0 Å². The third kappa shape index (κ3) is 2.87. The minimum absolute atomic E-state index is 0.581. The van der Waals surface area contributed by atoms with E-state index in [9.17, 15) is 0 Å². The monoisotopic (exact) mass is 267 g/mol. The molecular formula is C19H25N. The molecule has 20 heavy (non-hydrogen) atoms. The molecule has 1 nitrogen and oxygen atoms in total. The number of anilines is 2. The van der Waals surface area contributed by atoms with E-state index in [0.717, 1.165) is 0 Å². The first kappa shape index (κ1) is 14.6. The smallest absolute Gasteiger partial charge is 0.0440 e. The fraction of sp³-hybridized carbons (Fsp3) is 0.368. The molecule has 0 saturated heterocycles. The molecule has 2 aromatic carbocycles. The summed E-state index contributed by atoms with van der Waals surface area (Å²) < 4.78 is 0. The highest BCUT2D eigenvalue weighted by atomic mass is 15.1. The Labute approximate surface area is 123 Å². The molecule has 0 saturated carbocycles. The van der Waals surface area contributed by atoms with Gasteiger partial charge < -0.3 is 4.90 Å². The first-order valence-corrected chi connectivity index (χ1v) is 7.31. The summed E-state index contributed by atoms with van der Waals surface area (Å²) in [6.45, 7) is 11.0. The zero-order valence-corrected chi connectivity index (χ0v) is 13.5. The number of aryl methyl sites for hydroxylation is 3. The van der Waals surface area contributed by atoms with E-state index in [2.05, 4.69) is 83.0 Å². The van der Waals surface area contributed by atoms with E-state index in [4.69, 9.17) is 0 Å². The summed E-state index contributed by atoms with van der Waals surface area (Å²) in [5.41, 5.74) is 7.93. The van der Waals surface area contributed by atoms with Crippen molar-refractivity contribution >= 4 is 11.4 Å². The van der Waals surface area contributed by atoms with Crippen molar-refractivity contribution in [2.45, 2.75) is 40.5 Å². The van der Waals surface area contributed by atoms with Crippen LogP contribution in [0.15, 0.2) is 36.4 Å². The minimum Gasteiger partial charge on any atom is -0.344 e. The van der Waals surface area contributed by atoms with Gasteiger partial charge in [0.25, 0.3) is 0 Å². The SMILES string of the molecule is Cc1cc(C)c(N(C)c2ccc(C(C)C)cc2)cc1C. The highest BCUT2D eigenvalue weighted by molar-refractivity contribution is 5.67. The number of hydrogen-bond donors (Lipinski definition) is 0. The van der Waals surface area contributed by atoms with Crippen LogP contribution in [0.3, 0.4) is 0 Å². The Bertz CT molecular complexity index is 594. The average molecular weight is 267 g/mol. The van der Waals surface area contributed by atoms with Crippen LogP contribution in [-0.4, -0.2) is 7.05 Å². The maximum atomic E-state index is 2.28. The fourth-order valence-electron chi connectivity index (χ4n) is 2.53. The molecule has 0 aliphatic heterocycles. The molecule has 106 valence electrons. The van der Waals surface area contributed by atoms with Crippen LogP contribution in [0.2, 0.25) is 0 Å². The van der Waals surface area contributed by atoms with E-state index in [0.29, 0.717) is 5.92 Å². The van der Waals surface area contributed by atoms with Crippen LogP contribution in [0.5, 0.6) is 0 Å². The lowest BCUT2D eigenvalue weighted by molar-refractivity contribution is 0.866. The van der Waals surface area contributed by atoms with Crippen LogP contribution >= 0.6 is 0 Å². The molecule has 0 unspecified atom stereocenters. The van der Waals surface area contributed by atoms with Crippen molar-refractivity contribution in [1.82, 2.24) is 0 Å². The van der Waals surface area contributed by atoms with Gasteiger partial charge in [0.05, 0.1) is 0 Å². The molecule has 0 aromatic heterocycles. The van der Waals surface area contributed by atoms with Gasteiger partial charge in [-0.25, -0.2) is 0 Å². The first-order chi connectivity index (χ1) is 9.40. The van der Waals surface area contributed by atoms with Gasteiger partial charge in [-0.1, -0.05) is 32.0 Å². The molecule has 2 aromatic rings. The van der Waals surface area contributed by atoms with Crippen molar-refractivity contribution in [3.05, 3.63) is 58.7 Å². The van der Waals surface area contributed by atoms with Gasteiger partial charge in [-0.2, -0.15) is 0 Å². The third-order valence-corrected chi connectivity index (χ3v) is 4.12. The van der Waals surface area contributed by atoms with Crippen LogP contribution in [0.25, 0.3) is 0 Å². The lowest BCUT2D eigenvalue weighted by atomic mass is 10.0. The normalized spacial score (nSPS) is 10.9. The zero-order valence-electron chi connectivity index (χ0n) is 13.5. The van der Waals surface area contributed by atoms with Crippen LogP contribution in [0, 0.1) is 20.8 Å². The second-order valence-electron chi connectivity index (χ2n) is 6.03. The Morgan fingerprint density at radius 1 is 0.800 bits per heavy atom. The Hall–Kier alpha value is -1.76. The Morgan fingerprint density at radius 3 is 1.90 bits per heavy atom. The topological polar surface area (TPSA) is 3.24 Å². The maximum absolute atomic E-state index is 2.28. The lowest BCUT2D eigenvalue weighted by Crippen LogP contribution is -2.11. The van der Waals surface area contributed by atoms with Crippen molar-refractivity contribution < 1.29 is 0 Å². The van der Waals surface area contributed by atoms with Gasteiger partial charge in [0.1, 0.15) is 0 Å². The van der Waals surface area contributed by atoms with Gasteiger partial charge in [0, 0.05) is 18.4 Å². The molecule has 0 amide bonds. The molecule has 1 heteroatoms. The van der Waals surface area contributed by atoms with Gasteiger partial charge in [-0.3, -0.25) is 0 Å². The van der Waals surface area contributed by atoms with E-state index in [-0.39, 0.29) is 0 Å². The largest absolute Gasteiger partial charge is 0.344 e. The summed E-state index contributed by atoms with van der Waals surface area (Å²) in [5, 5.41) is 0. The van der Waals surface area contributed by atoms with Crippen molar-refractivity contribution in [1.29, 1.82) is 0 Å². The summed E-state index contributed by atoms with van der Waals surface area (Å²) in [7, 11) is 2.14. The number of nitrogens with zero attached hydrogens (tertiary/aromatic N) is 1. The third-order valence-electron chi connectivity index (χ3n) is 4.12. The van der Waals surface area contributed by atoms with E-state index in [1.807, 2.05) is 0 Å². The van der Waals surface area contributed by atoms with Crippen molar-refractivity contribution in [2.24, 2.45) is 0 Å². The van der Waals surface area contributed by atoms with Gasteiger partial charge in [-0.05, 0) is 67.1 Å². The van der Waals surface area contributed by atoms with E-state index in [1.165, 1.54) is 33.6 Å². The van der Waals surface area contributed by atoms with Crippen molar-refractivity contribution in [3.63, 3.8) is 0 Å². The van der Waals surface area contributed by atoms with E-state index >= 15 is 0 Å². The van der Waals surface area contributed by atoms with Crippen LogP contribution in [0.4, 0.5) is 11.4 Å². The second-order valence-corrected chi connectivity index (χ2v) is 6.03. The highest BCUT2D eigenvalue weighted by Crippen LogP contribution is 2.30. The van der Waals surface area contributed by atoms with Gasteiger partial charge in [0.2, 0.25) is 0 Å². The standard InChI is InChI=1S/C19H25N/c1-13(2)17-7-9-18(10-8-17)20(6)19-12-15(4)14(3)11-16(19)5/h7-13H,1-6H3. The molecule has 0 radical (unpaired) electrons. The molecule has 0 aliphatic carbocycles. The van der Waals surface area contributed by atoms with Crippen LogP contribution < -0.4 is 4.90 Å². The number of benzene rings is 2. The summed E-state index contributed by atoms with van der Waals surface area (Å²) in [5.74, 6) is 0.581.